The van der Waals surface area contributed by atoms with Crippen molar-refractivity contribution >= 4 is 18.2 Å². The Balaban J connectivity index is 0.00000225. The van der Waals surface area contributed by atoms with Crippen molar-refractivity contribution in [1.29, 1.82) is 0 Å². The number of halogens is 4. The number of Topliss-reactive ketones (excluding diaryl/α,β-unsaturated/α-hetero) is 1. The number of carbonyl (C=O) groups excluding carboxylic acids is 1. The second-order valence-electron chi connectivity index (χ2n) is 2.69. The highest BCUT2D eigenvalue weighted by Crippen LogP contribution is 2.26. The molecule has 0 unspecified atom stereocenters. The molecule has 2 N–H and O–H groups in total. The van der Waals surface area contributed by atoms with E-state index in [1.165, 1.54) is 0 Å². The first kappa shape index (κ1) is 14.7. The smallest absolute Gasteiger partial charge is 0.203 e. The molecule has 0 amide bonds. The number of benzene rings is 1. The monoisotopic (exact) mass is 255 g/mol. The van der Waals surface area contributed by atoms with Crippen molar-refractivity contribution in [3.63, 3.8) is 0 Å². The van der Waals surface area contributed by atoms with Crippen LogP contribution in [0.3, 0.4) is 0 Å². The van der Waals surface area contributed by atoms with Crippen LogP contribution < -0.4 is 10.5 Å². The van der Waals surface area contributed by atoms with Gasteiger partial charge in [-0.25, -0.2) is 8.78 Å². The van der Waals surface area contributed by atoms with Gasteiger partial charge in [0, 0.05) is 0 Å². The summed E-state index contributed by atoms with van der Waals surface area (Å²) >= 11 is 0. The Labute approximate surface area is 95.8 Å². The summed E-state index contributed by atoms with van der Waals surface area (Å²) in [6, 6.07) is 0.461. The highest BCUT2D eigenvalue weighted by Gasteiger charge is 2.22. The second-order valence-corrected chi connectivity index (χ2v) is 2.69. The summed E-state index contributed by atoms with van der Waals surface area (Å²) in [5, 5.41) is 0. The van der Waals surface area contributed by atoms with Crippen LogP contribution in [0.25, 0.3) is 0 Å². The minimum absolute atomic E-state index is 0. The number of nitrogens with two attached hydrogens (primary N) is 1. The quantitative estimate of drug-likeness (QED) is 0.660. The van der Waals surface area contributed by atoms with E-state index in [0.29, 0.717) is 6.07 Å². The maximum atomic E-state index is 13.3. The topological polar surface area (TPSA) is 52.3 Å². The van der Waals surface area contributed by atoms with E-state index < -0.39 is 41.1 Å². The maximum Gasteiger partial charge on any atom is 0.203 e. The highest BCUT2D eigenvalue weighted by molar-refractivity contribution is 5.98. The van der Waals surface area contributed by atoms with Crippen molar-refractivity contribution in [2.24, 2.45) is 5.73 Å². The van der Waals surface area contributed by atoms with Crippen LogP contribution >= 0.6 is 12.4 Å². The highest BCUT2D eigenvalue weighted by atomic mass is 35.5. The second kappa shape index (κ2) is 5.72. The first-order chi connectivity index (χ1) is 7.02. The molecule has 1 aromatic carbocycles. The van der Waals surface area contributed by atoms with Gasteiger partial charge < -0.3 is 10.5 Å². The first-order valence-electron chi connectivity index (χ1n) is 3.97. The number of ketones is 1. The van der Waals surface area contributed by atoms with Gasteiger partial charge in [0.25, 0.3) is 0 Å². The van der Waals surface area contributed by atoms with Gasteiger partial charge in [0.2, 0.25) is 5.82 Å². The van der Waals surface area contributed by atoms with E-state index in [-0.39, 0.29) is 12.4 Å². The molecule has 0 aliphatic heterocycles. The summed E-state index contributed by atoms with van der Waals surface area (Å²) in [6.07, 6.45) is 0. The summed E-state index contributed by atoms with van der Waals surface area (Å²) in [4.78, 5) is 11.1. The maximum absolute atomic E-state index is 13.3. The predicted molar refractivity (Wildman–Crippen MR) is 53.5 cm³/mol. The predicted octanol–water partition coefficient (Wildman–Crippen LogP) is 1.68. The van der Waals surface area contributed by atoms with Gasteiger partial charge in [-0.15, -0.1) is 12.4 Å². The van der Waals surface area contributed by atoms with Crippen LogP contribution in [0.15, 0.2) is 6.07 Å². The average Bonchev–Trinajstić information content (AvgIpc) is 2.23. The summed E-state index contributed by atoms with van der Waals surface area (Å²) < 4.78 is 43.5. The molecule has 0 radical (unpaired) electrons. The van der Waals surface area contributed by atoms with Crippen LogP contribution in [-0.2, 0) is 0 Å². The Morgan fingerprint density at radius 2 is 1.94 bits per heavy atom. The lowest BCUT2D eigenvalue weighted by Gasteiger charge is -2.07. The van der Waals surface area contributed by atoms with Crippen molar-refractivity contribution in [2.45, 2.75) is 0 Å². The number of ether oxygens (including phenoxy) is 1. The van der Waals surface area contributed by atoms with E-state index in [9.17, 15) is 18.0 Å². The minimum Gasteiger partial charge on any atom is -0.491 e. The number of rotatable bonds is 3. The van der Waals surface area contributed by atoms with Crippen LogP contribution in [0.1, 0.15) is 10.4 Å². The number of hydrogen-bond acceptors (Lipinski definition) is 3. The minimum atomic E-state index is -1.47. The third kappa shape index (κ3) is 2.45. The molecule has 0 saturated carbocycles. The van der Waals surface area contributed by atoms with Gasteiger partial charge >= 0.3 is 0 Å². The van der Waals surface area contributed by atoms with Gasteiger partial charge in [-0.05, 0) is 6.07 Å². The zero-order chi connectivity index (χ0) is 11.6. The van der Waals surface area contributed by atoms with Crippen LogP contribution in [0.4, 0.5) is 13.2 Å². The Bertz CT molecular complexity index is 412. The molecule has 0 aliphatic rings. The summed E-state index contributed by atoms with van der Waals surface area (Å²) in [7, 11) is 0.970. The van der Waals surface area contributed by atoms with E-state index in [2.05, 4.69) is 4.74 Å². The van der Waals surface area contributed by atoms with Crippen LogP contribution in [0, 0.1) is 17.5 Å². The fourth-order valence-electron chi connectivity index (χ4n) is 1.07. The lowest BCUT2D eigenvalue weighted by molar-refractivity contribution is 0.0996. The Morgan fingerprint density at radius 1 is 1.38 bits per heavy atom. The molecule has 0 aromatic heterocycles. The van der Waals surface area contributed by atoms with Gasteiger partial charge in [-0.2, -0.15) is 4.39 Å². The summed E-state index contributed by atoms with van der Waals surface area (Å²) in [5.41, 5.74) is 4.36. The van der Waals surface area contributed by atoms with E-state index >= 15 is 0 Å². The van der Waals surface area contributed by atoms with Gasteiger partial charge in [0.1, 0.15) is 0 Å². The zero-order valence-electron chi connectivity index (χ0n) is 8.22. The molecule has 7 heteroatoms. The molecular formula is C9H9ClF3NO2. The van der Waals surface area contributed by atoms with Crippen molar-refractivity contribution < 1.29 is 22.7 Å². The van der Waals surface area contributed by atoms with Crippen molar-refractivity contribution in [3.8, 4) is 5.75 Å². The SMILES string of the molecule is COc1c(F)c(F)cc(C(=O)CN)c1F.Cl. The molecule has 1 aromatic rings. The van der Waals surface area contributed by atoms with Crippen LogP contribution in [0.2, 0.25) is 0 Å². The van der Waals surface area contributed by atoms with Gasteiger partial charge in [-0.1, -0.05) is 0 Å². The van der Waals surface area contributed by atoms with Gasteiger partial charge in [0.05, 0.1) is 19.2 Å². The third-order valence-electron chi connectivity index (χ3n) is 1.81. The zero-order valence-corrected chi connectivity index (χ0v) is 9.04. The lowest BCUT2D eigenvalue weighted by atomic mass is 10.1. The molecule has 0 saturated heterocycles. The Kier molecular flexibility index (Phi) is 5.26. The molecule has 0 spiro atoms. The molecule has 0 heterocycles. The molecule has 0 atom stereocenters. The molecule has 16 heavy (non-hydrogen) atoms. The Hall–Kier alpha value is -1.27. The molecule has 3 nitrogen and oxygen atoms in total. The third-order valence-corrected chi connectivity index (χ3v) is 1.81. The number of methoxy groups -OCH3 is 1. The number of hydrogen-bond donors (Lipinski definition) is 1. The summed E-state index contributed by atoms with van der Waals surface area (Å²) in [5.74, 6) is -5.82. The van der Waals surface area contributed by atoms with Crippen LogP contribution in [0.5, 0.6) is 5.75 Å². The average molecular weight is 256 g/mol. The lowest BCUT2D eigenvalue weighted by Crippen LogP contribution is -2.16. The van der Waals surface area contributed by atoms with E-state index in [1.807, 2.05) is 0 Å². The van der Waals surface area contributed by atoms with Crippen molar-refractivity contribution in [3.05, 3.63) is 29.1 Å². The molecule has 0 fully saturated rings. The fraction of sp³-hybridized carbons (Fsp3) is 0.222. The molecule has 90 valence electrons. The fourth-order valence-corrected chi connectivity index (χ4v) is 1.07. The van der Waals surface area contributed by atoms with Crippen molar-refractivity contribution in [2.75, 3.05) is 13.7 Å². The molecular weight excluding hydrogens is 247 g/mol. The normalized spacial score (nSPS) is 9.56. The Morgan fingerprint density at radius 3 is 2.38 bits per heavy atom. The van der Waals surface area contributed by atoms with E-state index in [4.69, 9.17) is 5.73 Å². The number of carbonyl (C=O) groups is 1. The van der Waals surface area contributed by atoms with Crippen molar-refractivity contribution in [1.82, 2.24) is 0 Å². The first-order valence-corrected chi connectivity index (χ1v) is 3.97. The molecule has 1 rings (SSSR count). The summed E-state index contributed by atoms with van der Waals surface area (Å²) in [6.45, 7) is -0.495. The molecule has 0 bridgehead atoms. The standard InChI is InChI=1S/C9H8F3NO2.ClH/c1-15-9-7(11)4(6(14)3-13)2-5(10)8(9)12;/h2H,3,13H2,1H3;1H. The van der Waals surface area contributed by atoms with Crippen LogP contribution in [-0.4, -0.2) is 19.4 Å². The van der Waals surface area contributed by atoms with Gasteiger partial charge in [0.15, 0.2) is 23.2 Å². The van der Waals surface area contributed by atoms with Gasteiger partial charge in [-0.3, -0.25) is 4.79 Å². The molecule has 0 aliphatic carbocycles. The van der Waals surface area contributed by atoms with E-state index in [0.717, 1.165) is 7.11 Å². The van der Waals surface area contributed by atoms with E-state index in [1.54, 1.807) is 0 Å². The largest absolute Gasteiger partial charge is 0.491 e.